The van der Waals surface area contributed by atoms with Crippen molar-refractivity contribution in [3.8, 4) is 0 Å². The summed E-state index contributed by atoms with van der Waals surface area (Å²) in [4.78, 5) is 2.32. The first-order valence-electron chi connectivity index (χ1n) is 2.39. The van der Waals surface area contributed by atoms with Gasteiger partial charge < -0.3 is 0 Å². The Balaban J connectivity index is 3.08. The number of hydrogen-bond donors (Lipinski definition) is 0. The van der Waals surface area contributed by atoms with E-state index in [9.17, 15) is 0 Å². The van der Waals surface area contributed by atoms with Crippen LogP contribution in [0.1, 0.15) is 13.8 Å². The minimum atomic E-state index is 0.357. The van der Waals surface area contributed by atoms with Gasteiger partial charge in [0.2, 0.25) is 0 Å². The van der Waals surface area contributed by atoms with Gasteiger partial charge in [-0.3, -0.25) is 0 Å². The first-order chi connectivity index (χ1) is 3.27. The number of rotatable bonds is 2. The van der Waals surface area contributed by atoms with Gasteiger partial charge in [0.05, 0.1) is 0 Å². The molecule has 0 N–H and O–H groups in total. The molecule has 42 valence electrons. The third-order valence-corrected chi connectivity index (χ3v) is 2.09. The second kappa shape index (κ2) is 4.68. The van der Waals surface area contributed by atoms with Crippen LogP contribution < -0.4 is 0 Å². The molecule has 0 unspecified atom stereocenters. The molecule has 0 saturated carbocycles. The summed E-state index contributed by atoms with van der Waals surface area (Å²) in [7, 11) is 0. The monoisotopic (exact) mass is 214 g/mol. The summed E-state index contributed by atoms with van der Waals surface area (Å²) >= 11 is 0.357. The average Bonchev–Trinajstić information content (AvgIpc) is 1.61. The van der Waals surface area contributed by atoms with Gasteiger partial charge in [-0.2, -0.15) is 0 Å². The zero-order chi connectivity index (χ0) is 5.70. The van der Waals surface area contributed by atoms with Crippen LogP contribution in [0.25, 0.3) is 0 Å². The molecule has 0 nitrogen and oxygen atoms in total. The van der Waals surface area contributed by atoms with E-state index < -0.39 is 0 Å². The number of hydrogen-bond acceptors (Lipinski definition) is 0. The van der Waals surface area contributed by atoms with E-state index in [1.165, 1.54) is 10.0 Å². The fourth-order valence-corrected chi connectivity index (χ4v) is 1.68. The van der Waals surface area contributed by atoms with E-state index >= 15 is 0 Å². The van der Waals surface area contributed by atoms with Gasteiger partial charge >= 0.3 is 55.9 Å². The van der Waals surface area contributed by atoms with Crippen molar-refractivity contribution in [1.82, 2.24) is 0 Å². The van der Waals surface area contributed by atoms with E-state index in [0.29, 0.717) is 20.9 Å². The van der Waals surface area contributed by atoms with Crippen molar-refractivity contribution < 1.29 is 0 Å². The molecule has 0 aromatic carbocycles. The second-order valence-corrected chi connectivity index (χ2v) is 4.34. The van der Waals surface area contributed by atoms with Crippen molar-refractivity contribution >= 4 is 20.9 Å². The standard InChI is InChI=1S/C6H12Te/c1-6(2)4-5-7-3/h4H,5H2,1-3H3. The van der Waals surface area contributed by atoms with E-state index in [1.807, 2.05) is 0 Å². The van der Waals surface area contributed by atoms with Crippen LogP contribution in [-0.4, -0.2) is 20.9 Å². The maximum absolute atomic E-state index is 2.32. The van der Waals surface area contributed by atoms with Gasteiger partial charge in [-0.1, -0.05) is 0 Å². The van der Waals surface area contributed by atoms with E-state index in [2.05, 4.69) is 24.9 Å². The molecule has 0 heterocycles. The Morgan fingerprint density at radius 1 is 1.57 bits per heavy atom. The summed E-state index contributed by atoms with van der Waals surface area (Å²) in [6.45, 7) is 4.31. The predicted molar refractivity (Wildman–Crippen MR) is 35.9 cm³/mol. The van der Waals surface area contributed by atoms with Crippen LogP contribution in [0.3, 0.4) is 0 Å². The topological polar surface area (TPSA) is 0 Å². The Morgan fingerprint density at radius 3 is 2.29 bits per heavy atom. The van der Waals surface area contributed by atoms with Gasteiger partial charge in [0.25, 0.3) is 0 Å². The molecule has 0 amide bonds. The van der Waals surface area contributed by atoms with Gasteiger partial charge in [0.15, 0.2) is 0 Å². The van der Waals surface area contributed by atoms with Crippen LogP contribution in [0.4, 0.5) is 0 Å². The molecule has 0 radical (unpaired) electrons. The molecule has 0 aliphatic carbocycles. The molecule has 0 spiro atoms. The van der Waals surface area contributed by atoms with Crippen LogP contribution >= 0.6 is 0 Å². The molecule has 0 rings (SSSR count). The molecule has 0 aliphatic rings. The van der Waals surface area contributed by atoms with Crippen molar-refractivity contribution in [3.63, 3.8) is 0 Å². The summed E-state index contributed by atoms with van der Waals surface area (Å²) in [6.07, 6.45) is 2.32. The molecule has 0 fully saturated rings. The first kappa shape index (κ1) is 7.53. The van der Waals surface area contributed by atoms with Crippen molar-refractivity contribution in [2.24, 2.45) is 0 Å². The van der Waals surface area contributed by atoms with Gasteiger partial charge in [-0.25, -0.2) is 0 Å². The van der Waals surface area contributed by atoms with E-state index in [4.69, 9.17) is 0 Å². The molecule has 0 aromatic heterocycles. The molecular formula is C6H12Te. The van der Waals surface area contributed by atoms with Crippen LogP contribution in [0.5, 0.6) is 0 Å². The van der Waals surface area contributed by atoms with Crippen LogP contribution in [0, 0.1) is 0 Å². The molecule has 0 aromatic rings. The van der Waals surface area contributed by atoms with Gasteiger partial charge in [-0.05, 0) is 0 Å². The molecule has 0 bridgehead atoms. The van der Waals surface area contributed by atoms with Crippen LogP contribution in [0.2, 0.25) is 9.44 Å². The zero-order valence-electron chi connectivity index (χ0n) is 5.19. The van der Waals surface area contributed by atoms with Crippen molar-refractivity contribution in [2.45, 2.75) is 23.3 Å². The van der Waals surface area contributed by atoms with Crippen molar-refractivity contribution in [2.75, 3.05) is 0 Å². The van der Waals surface area contributed by atoms with Gasteiger partial charge in [0.1, 0.15) is 0 Å². The quantitative estimate of drug-likeness (QED) is 0.485. The predicted octanol–water partition coefficient (Wildman–Crippen LogP) is 2.12. The molecular weight excluding hydrogens is 200 g/mol. The molecule has 1 heteroatoms. The molecule has 0 aliphatic heterocycles. The van der Waals surface area contributed by atoms with E-state index in [1.54, 1.807) is 0 Å². The maximum atomic E-state index is 2.32. The molecule has 0 saturated heterocycles. The molecule has 7 heavy (non-hydrogen) atoms. The van der Waals surface area contributed by atoms with Crippen molar-refractivity contribution in [3.05, 3.63) is 11.6 Å². The average molecular weight is 212 g/mol. The fraction of sp³-hybridized carbons (Fsp3) is 0.667. The summed E-state index contributed by atoms with van der Waals surface area (Å²) in [5.74, 6) is 0. The SMILES string of the molecule is C[Te]CC=C(C)C. The summed E-state index contributed by atoms with van der Waals surface area (Å²) < 4.78 is 1.37. The zero-order valence-corrected chi connectivity index (χ0v) is 7.52. The summed E-state index contributed by atoms with van der Waals surface area (Å²) in [5.41, 5.74) is 1.46. The summed E-state index contributed by atoms with van der Waals surface area (Å²) in [5, 5.41) is 0. The van der Waals surface area contributed by atoms with E-state index in [0.717, 1.165) is 0 Å². The first-order valence-corrected chi connectivity index (χ1v) is 6.37. The third kappa shape index (κ3) is 6.53. The van der Waals surface area contributed by atoms with Gasteiger partial charge in [0, 0.05) is 0 Å². The molecule has 0 atom stereocenters. The Bertz CT molecular complexity index is 60.6. The fourth-order valence-electron chi connectivity index (χ4n) is 0.250. The third-order valence-electron chi connectivity index (χ3n) is 0.658. The Hall–Kier alpha value is 0.530. The van der Waals surface area contributed by atoms with Crippen LogP contribution in [-0.2, 0) is 0 Å². The Labute approximate surface area is 56.1 Å². The Morgan fingerprint density at radius 2 is 2.14 bits per heavy atom. The second-order valence-electron chi connectivity index (χ2n) is 1.74. The van der Waals surface area contributed by atoms with Crippen LogP contribution in [0.15, 0.2) is 11.6 Å². The normalized spacial score (nSPS) is 8.43. The van der Waals surface area contributed by atoms with Gasteiger partial charge in [-0.15, -0.1) is 0 Å². The number of allylic oxidation sites excluding steroid dienone is 2. The summed E-state index contributed by atoms with van der Waals surface area (Å²) in [6, 6.07) is 0. The minimum absolute atomic E-state index is 0.357. The Kier molecular flexibility index (Phi) is 5.04. The van der Waals surface area contributed by atoms with E-state index in [-0.39, 0.29) is 0 Å². The van der Waals surface area contributed by atoms with Crippen molar-refractivity contribution in [1.29, 1.82) is 0 Å².